The van der Waals surface area contributed by atoms with Gasteiger partial charge in [-0.3, -0.25) is 0 Å². The minimum Gasteiger partial charge on any atom is -0.353 e. The van der Waals surface area contributed by atoms with Crippen molar-refractivity contribution in [1.82, 2.24) is 24.6 Å². The lowest BCUT2D eigenvalue weighted by Crippen LogP contribution is -2.50. The predicted octanol–water partition coefficient (Wildman–Crippen LogP) is 2.60. The van der Waals surface area contributed by atoms with Gasteiger partial charge >= 0.3 is 6.03 Å². The minimum absolute atomic E-state index is 0.391. The van der Waals surface area contributed by atoms with Crippen molar-refractivity contribution < 1.29 is 13.6 Å². The maximum absolute atomic E-state index is 13.7. The molecule has 1 aliphatic heterocycles. The van der Waals surface area contributed by atoms with Crippen LogP contribution in [0.1, 0.15) is 5.69 Å². The van der Waals surface area contributed by atoms with Crippen molar-refractivity contribution in [3.8, 4) is 5.82 Å². The first-order valence-electron chi connectivity index (χ1n) is 9.11. The highest BCUT2D eigenvalue weighted by molar-refractivity contribution is 5.89. The van der Waals surface area contributed by atoms with Crippen molar-refractivity contribution in [3.05, 3.63) is 60.2 Å². The van der Waals surface area contributed by atoms with E-state index in [4.69, 9.17) is 0 Å². The fourth-order valence-corrected chi connectivity index (χ4v) is 3.12. The van der Waals surface area contributed by atoms with Gasteiger partial charge in [0.1, 0.15) is 29.5 Å². The van der Waals surface area contributed by atoms with Gasteiger partial charge in [-0.2, -0.15) is 5.10 Å². The first-order valence-corrected chi connectivity index (χ1v) is 9.11. The number of benzene rings is 1. The molecule has 3 aromatic rings. The molecule has 1 saturated heterocycles. The van der Waals surface area contributed by atoms with E-state index in [1.54, 1.807) is 4.68 Å². The van der Waals surface area contributed by atoms with Crippen LogP contribution in [0.3, 0.4) is 0 Å². The number of aryl methyl sites for hydroxylation is 1. The molecular formula is C19H19F2N7O. The van der Waals surface area contributed by atoms with Crippen molar-refractivity contribution in [2.45, 2.75) is 6.92 Å². The Bertz CT molecular complexity index is 1010. The van der Waals surface area contributed by atoms with Gasteiger partial charge in [-0.15, -0.1) is 0 Å². The number of nitrogens with zero attached hydrogens (tertiary/aromatic N) is 6. The van der Waals surface area contributed by atoms with Gasteiger partial charge in [0.2, 0.25) is 0 Å². The SMILES string of the molecule is Cc1ccn(-c2cc(N3CCN(C(=O)Nc4c(F)cccc4F)CC3)ncn2)n1. The highest BCUT2D eigenvalue weighted by Gasteiger charge is 2.24. The zero-order valence-corrected chi connectivity index (χ0v) is 15.7. The lowest BCUT2D eigenvalue weighted by atomic mass is 10.3. The molecule has 0 spiro atoms. The zero-order chi connectivity index (χ0) is 20.4. The van der Waals surface area contributed by atoms with Crippen LogP contribution < -0.4 is 10.2 Å². The lowest BCUT2D eigenvalue weighted by Gasteiger charge is -2.35. The lowest BCUT2D eigenvalue weighted by molar-refractivity contribution is 0.208. The third-order valence-electron chi connectivity index (χ3n) is 4.68. The maximum atomic E-state index is 13.7. The number of hydrogen-bond donors (Lipinski definition) is 1. The Balaban J connectivity index is 1.40. The smallest absolute Gasteiger partial charge is 0.322 e. The quantitative estimate of drug-likeness (QED) is 0.733. The molecule has 0 aliphatic carbocycles. The van der Waals surface area contributed by atoms with Crippen LogP contribution in [0.4, 0.5) is 25.1 Å². The van der Waals surface area contributed by atoms with Gasteiger partial charge in [0.05, 0.1) is 5.69 Å². The summed E-state index contributed by atoms with van der Waals surface area (Å²) < 4.78 is 29.1. The van der Waals surface area contributed by atoms with Crippen LogP contribution in [0, 0.1) is 18.6 Å². The zero-order valence-electron chi connectivity index (χ0n) is 15.7. The molecule has 2 amide bonds. The third-order valence-corrected chi connectivity index (χ3v) is 4.68. The normalized spacial score (nSPS) is 14.2. The molecule has 150 valence electrons. The molecule has 0 bridgehead atoms. The van der Waals surface area contributed by atoms with Crippen molar-refractivity contribution in [3.63, 3.8) is 0 Å². The number of halogens is 2. The molecule has 2 aromatic heterocycles. The highest BCUT2D eigenvalue weighted by Crippen LogP contribution is 2.20. The van der Waals surface area contributed by atoms with E-state index < -0.39 is 23.4 Å². The molecule has 1 fully saturated rings. The summed E-state index contributed by atoms with van der Waals surface area (Å²) in [4.78, 5) is 24.5. The van der Waals surface area contributed by atoms with Gasteiger partial charge in [0, 0.05) is 38.4 Å². The van der Waals surface area contributed by atoms with E-state index in [1.165, 1.54) is 17.3 Å². The largest absolute Gasteiger partial charge is 0.353 e. The Morgan fingerprint density at radius 2 is 1.72 bits per heavy atom. The summed E-state index contributed by atoms with van der Waals surface area (Å²) in [5, 5.41) is 6.66. The summed E-state index contributed by atoms with van der Waals surface area (Å²) in [6.07, 6.45) is 3.30. The number of nitrogens with one attached hydrogen (secondary N) is 1. The number of amides is 2. The maximum Gasteiger partial charge on any atom is 0.322 e. The Morgan fingerprint density at radius 3 is 2.38 bits per heavy atom. The van der Waals surface area contributed by atoms with Crippen molar-refractivity contribution >= 4 is 17.5 Å². The van der Waals surface area contributed by atoms with Gasteiger partial charge in [0.25, 0.3) is 0 Å². The number of piperazine rings is 1. The van der Waals surface area contributed by atoms with E-state index in [9.17, 15) is 13.6 Å². The number of aromatic nitrogens is 4. The van der Waals surface area contributed by atoms with Gasteiger partial charge in [0.15, 0.2) is 5.82 Å². The number of hydrogen-bond acceptors (Lipinski definition) is 5. The second kappa shape index (κ2) is 7.82. The molecule has 1 aromatic carbocycles. The molecule has 10 heteroatoms. The summed E-state index contributed by atoms with van der Waals surface area (Å²) >= 11 is 0. The molecule has 8 nitrogen and oxygen atoms in total. The number of urea groups is 1. The van der Waals surface area contributed by atoms with Crippen LogP contribution in [0.25, 0.3) is 5.82 Å². The number of anilines is 2. The van der Waals surface area contributed by atoms with Gasteiger partial charge in [-0.1, -0.05) is 6.07 Å². The van der Waals surface area contributed by atoms with Crippen LogP contribution in [0.15, 0.2) is 42.9 Å². The molecule has 29 heavy (non-hydrogen) atoms. The van der Waals surface area contributed by atoms with Gasteiger partial charge in [-0.25, -0.2) is 28.2 Å². The molecular weight excluding hydrogens is 380 g/mol. The van der Waals surface area contributed by atoms with Crippen LogP contribution in [-0.4, -0.2) is 56.9 Å². The van der Waals surface area contributed by atoms with Crippen LogP contribution in [-0.2, 0) is 0 Å². The van der Waals surface area contributed by atoms with E-state index in [2.05, 4.69) is 20.4 Å². The molecule has 0 radical (unpaired) electrons. The minimum atomic E-state index is -0.806. The standard InChI is InChI=1S/C19H19F2N7O/c1-13-5-6-28(25-13)17-11-16(22-12-23-17)26-7-9-27(10-8-26)19(29)24-18-14(20)3-2-4-15(18)21/h2-6,11-12H,7-10H2,1H3,(H,24,29). The highest BCUT2D eigenvalue weighted by atomic mass is 19.1. The van der Waals surface area contributed by atoms with Crippen LogP contribution >= 0.6 is 0 Å². The average molecular weight is 399 g/mol. The molecule has 3 heterocycles. The molecule has 1 aliphatic rings. The van der Waals surface area contributed by atoms with Crippen molar-refractivity contribution in [2.24, 2.45) is 0 Å². The van der Waals surface area contributed by atoms with Gasteiger partial charge < -0.3 is 15.1 Å². The monoisotopic (exact) mass is 399 g/mol. The second-order valence-electron chi connectivity index (χ2n) is 6.64. The number of carbonyl (C=O) groups excluding carboxylic acids is 1. The molecule has 0 saturated carbocycles. The summed E-state index contributed by atoms with van der Waals surface area (Å²) in [5.74, 6) is -0.236. The molecule has 1 N–H and O–H groups in total. The third kappa shape index (κ3) is 4.00. The summed E-state index contributed by atoms with van der Waals surface area (Å²) in [7, 11) is 0. The first kappa shape index (κ1) is 18.8. The van der Waals surface area contributed by atoms with Gasteiger partial charge in [-0.05, 0) is 25.1 Å². The molecule has 0 atom stereocenters. The summed E-state index contributed by atoms with van der Waals surface area (Å²) in [6, 6.07) is 6.63. The number of rotatable bonds is 3. The number of para-hydroxylation sites is 1. The van der Waals surface area contributed by atoms with Crippen LogP contribution in [0.2, 0.25) is 0 Å². The topological polar surface area (TPSA) is 79.2 Å². The molecule has 0 unspecified atom stereocenters. The average Bonchev–Trinajstić information content (AvgIpc) is 3.17. The second-order valence-corrected chi connectivity index (χ2v) is 6.64. The van der Waals surface area contributed by atoms with Crippen molar-refractivity contribution in [2.75, 3.05) is 36.4 Å². The van der Waals surface area contributed by atoms with E-state index in [-0.39, 0.29) is 0 Å². The fraction of sp³-hybridized carbons (Fsp3) is 0.263. The fourth-order valence-electron chi connectivity index (χ4n) is 3.12. The van der Waals surface area contributed by atoms with Crippen molar-refractivity contribution in [1.29, 1.82) is 0 Å². The van der Waals surface area contributed by atoms with E-state index in [1.807, 2.05) is 30.2 Å². The Morgan fingerprint density at radius 1 is 1.03 bits per heavy atom. The van der Waals surface area contributed by atoms with E-state index in [0.717, 1.165) is 23.6 Å². The first-order chi connectivity index (χ1) is 14.0. The molecule has 4 rings (SSSR count). The Kier molecular flexibility index (Phi) is 5.07. The Labute approximate surface area is 165 Å². The van der Waals surface area contributed by atoms with E-state index >= 15 is 0 Å². The Hall–Kier alpha value is -3.56. The number of carbonyl (C=O) groups is 1. The predicted molar refractivity (Wildman–Crippen MR) is 103 cm³/mol. The van der Waals surface area contributed by atoms with Crippen LogP contribution in [0.5, 0.6) is 0 Å². The van der Waals surface area contributed by atoms with E-state index in [0.29, 0.717) is 32.0 Å². The summed E-state index contributed by atoms with van der Waals surface area (Å²) in [5.41, 5.74) is 0.450. The summed E-state index contributed by atoms with van der Waals surface area (Å²) in [6.45, 7) is 3.74.